The number of nitrogens with one attached hydrogen (secondary N) is 1. The smallest absolute Gasteiger partial charge is 0.0837 e. The van der Waals surface area contributed by atoms with Crippen LogP contribution in [0.3, 0.4) is 0 Å². The molecule has 1 unspecified atom stereocenters. The van der Waals surface area contributed by atoms with Crippen LogP contribution in [0, 0.1) is 6.92 Å². The van der Waals surface area contributed by atoms with E-state index in [-0.39, 0.29) is 6.04 Å². The molecular formula is C14H22ClN5. The molecule has 0 spiro atoms. The maximum atomic E-state index is 6.37. The Morgan fingerprint density at radius 1 is 1.40 bits per heavy atom. The number of aryl methyl sites for hydroxylation is 3. The fraction of sp³-hybridized carbons (Fsp3) is 0.571. The fourth-order valence-electron chi connectivity index (χ4n) is 2.51. The zero-order valence-corrected chi connectivity index (χ0v) is 13.3. The number of hydrogen-bond donors (Lipinski definition) is 1. The van der Waals surface area contributed by atoms with E-state index < -0.39 is 0 Å². The zero-order chi connectivity index (χ0) is 14.7. The van der Waals surface area contributed by atoms with Gasteiger partial charge in [-0.25, -0.2) is 0 Å². The van der Waals surface area contributed by atoms with Crippen LogP contribution in [-0.2, 0) is 13.6 Å². The van der Waals surface area contributed by atoms with E-state index in [0.717, 1.165) is 36.5 Å². The second kappa shape index (κ2) is 6.41. The molecule has 6 heteroatoms. The highest BCUT2D eigenvalue weighted by molar-refractivity contribution is 6.31. The molecule has 2 aromatic rings. The first-order chi connectivity index (χ1) is 9.58. The highest BCUT2D eigenvalue weighted by Gasteiger charge is 2.24. The second-order valence-electron chi connectivity index (χ2n) is 4.94. The molecular weight excluding hydrogens is 274 g/mol. The summed E-state index contributed by atoms with van der Waals surface area (Å²) in [5.74, 6) is 0. The molecule has 0 amide bonds. The molecule has 0 radical (unpaired) electrons. The van der Waals surface area contributed by atoms with Crippen LogP contribution in [0.15, 0.2) is 12.4 Å². The molecule has 0 saturated heterocycles. The molecule has 0 saturated carbocycles. The Labute approximate surface area is 124 Å². The Kier molecular flexibility index (Phi) is 4.83. The number of aromatic nitrogens is 4. The number of nitrogens with zero attached hydrogens (tertiary/aromatic N) is 4. The van der Waals surface area contributed by atoms with Crippen LogP contribution < -0.4 is 5.32 Å². The molecule has 2 aromatic heterocycles. The van der Waals surface area contributed by atoms with E-state index in [4.69, 9.17) is 11.6 Å². The summed E-state index contributed by atoms with van der Waals surface area (Å²) in [7, 11) is 1.93. The molecule has 1 N–H and O–H groups in total. The Morgan fingerprint density at radius 3 is 2.70 bits per heavy atom. The first kappa shape index (κ1) is 15.1. The lowest BCUT2D eigenvalue weighted by atomic mass is 10.0. The maximum absolute atomic E-state index is 6.37. The van der Waals surface area contributed by atoms with Gasteiger partial charge in [-0.05, 0) is 19.9 Å². The predicted molar refractivity (Wildman–Crippen MR) is 81.0 cm³/mol. The van der Waals surface area contributed by atoms with Crippen LogP contribution in [0.5, 0.6) is 0 Å². The lowest BCUT2D eigenvalue weighted by molar-refractivity contribution is 0.519. The molecule has 0 aliphatic heterocycles. The third-order valence-electron chi connectivity index (χ3n) is 3.31. The Hall–Kier alpha value is -1.33. The summed E-state index contributed by atoms with van der Waals surface area (Å²) in [6.45, 7) is 7.97. The van der Waals surface area contributed by atoms with Gasteiger partial charge in [-0.15, -0.1) is 0 Å². The van der Waals surface area contributed by atoms with E-state index in [1.54, 1.807) is 6.20 Å². The summed E-state index contributed by atoms with van der Waals surface area (Å²) < 4.78 is 3.82. The SMILES string of the molecule is CCCn1ncc(Cl)c1C(NCC)c1cn(C)nc1C. The van der Waals surface area contributed by atoms with E-state index in [0.29, 0.717) is 5.02 Å². The van der Waals surface area contributed by atoms with E-state index in [2.05, 4.69) is 29.4 Å². The van der Waals surface area contributed by atoms with Crippen molar-refractivity contribution in [2.45, 2.75) is 39.8 Å². The monoisotopic (exact) mass is 295 g/mol. The Balaban J connectivity index is 2.48. The van der Waals surface area contributed by atoms with Crippen molar-refractivity contribution in [1.82, 2.24) is 24.9 Å². The summed E-state index contributed by atoms with van der Waals surface area (Å²) in [6, 6.07) is 0.0234. The van der Waals surface area contributed by atoms with Crippen molar-refractivity contribution in [2.24, 2.45) is 7.05 Å². The first-order valence-corrected chi connectivity index (χ1v) is 7.41. The molecule has 0 aliphatic rings. The van der Waals surface area contributed by atoms with E-state index in [1.807, 2.05) is 29.5 Å². The molecule has 2 rings (SSSR count). The van der Waals surface area contributed by atoms with Crippen LogP contribution in [0.1, 0.15) is 43.3 Å². The van der Waals surface area contributed by atoms with Crippen molar-refractivity contribution in [2.75, 3.05) is 6.54 Å². The van der Waals surface area contributed by atoms with Gasteiger partial charge in [0.25, 0.3) is 0 Å². The minimum atomic E-state index is 0.0234. The van der Waals surface area contributed by atoms with Crippen molar-refractivity contribution in [3.8, 4) is 0 Å². The maximum Gasteiger partial charge on any atom is 0.0837 e. The summed E-state index contributed by atoms with van der Waals surface area (Å²) in [5.41, 5.74) is 3.18. The van der Waals surface area contributed by atoms with Crippen LogP contribution in [-0.4, -0.2) is 26.1 Å². The Morgan fingerprint density at radius 2 is 2.15 bits per heavy atom. The lowest BCUT2D eigenvalue weighted by Gasteiger charge is -2.19. The third-order valence-corrected chi connectivity index (χ3v) is 3.60. The van der Waals surface area contributed by atoms with E-state index in [9.17, 15) is 0 Å². The predicted octanol–water partition coefficient (Wildman–Crippen LogP) is 2.69. The average molecular weight is 296 g/mol. The lowest BCUT2D eigenvalue weighted by Crippen LogP contribution is -2.25. The van der Waals surface area contributed by atoms with Gasteiger partial charge in [-0.2, -0.15) is 10.2 Å². The molecule has 5 nitrogen and oxygen atoms in total. The van der Waals surface area contributed by atoms with Gasteiger partial charge in [0.1, 0.15) is 0 Å². The topological polar surface area (TPSA) is 47.7 Å². The molecule has 0 aromatic carbocycles. The van der Waals surface area contributed by atoms with Crippen molar-refractivity contribution in [1.29, 1.82) is 0 Å². The van der Waals surface area contributed by atoms with E-state index in [1.165, 1.54) is 0 Å². The summed E-state index contributed by atoms with van der Waals surface area (Å²) >= 11 is 6.37. The van der Waals surface area contributed by atoms with Crippen LogP contribution in [0.25, 0.3) is 0 Å². The number of rotatable bonds is 6. The quantitative estimate of drug-likeness (QED) is 0.891. The van der Waals surface area contributed by atoms with Gasteiger partial charge in [0, 0.05) is 25.4 Å². The van der Waals surface area contributed by atoms with Gasteiger partial charge in [0.15, 0.2) is 0 Å². The highest BCUT2D eigenvalue weighted by Crippen LogP contribution is 2.29. The highest BCUT2D eigenvalue weighted by atomic mass is 35.5. The van der Waals surface area contributed by atoms with Crippen LogP contribution in [0.2, 0.25) is 5.02 Å². The van der Waals surface area contributed by atoms with Gasteiger partial charge >= 0.3 is 0 Å². The molecule has 110 valence electrons. The summed E-state index contributed by atoms with van der Waals surface area (Å²) in [4.78, 5) is 0. The van der Waals surface area contributed by atoms with Gasteiger partial charge in [-0.1, -0.05) is 25.4 Å². The van der Waals surface area contributed by atoms with Crippen molar-refractivity contribution >= 4 is 11.6 Å². The van der Waals surface area contributed by atoms with Crippen LogP contribution in [0.4, 0.5) is 0 Å². The van der Waals surface area contributed by atoms with Crippen molar-refractivity contribution < 1.29 is 0 Å². The van der Waals surface area contributed by atoms with Gasteiger partial charge in [-0.3, -0.25) is 9.36 Å². The molecule has 1 atom stereocenters. The van der Waals surface area contributed by atoms with Gasteiger partial charge in [0.2, 0.25) is 0 Å². The van der Waals surface area contributed by atoms with Gasteiger partial charge < -0.3 is 5.32 Å². The number of halogens is 1. The Bertz CT molecular complexity index is 572. The van der Waals surface area contributed by atoms with E-state index >= 15 is 0 Å². The summed E-state index contributed by atoms with van der Waals surface area (Å²) in [5, 5.41) is 13.0. The molecule has 0 aliphatic carbocycles. The number of hydrogen-bond acceptors (Lipinski definition) is 3. The minimum absolute atomic E-state index is 0.0234. The molecule has 2 heterocycles. The minimum Gasteiger partial charge on any atom is -0.305 e. The largest absolute Gasteiger partial charge is 0.305 e. The zero-order valence-electron chi connectivity index (χ0n) is 12.5. The van der Waals surface area contributed by atoms with Gasteiger partial charge in [0.05, 0.1) is 28.6 Å². The molecule has 0 bridgehead atoms. The fourth-order valence-corrected chi connectivity index (χ4v) is 2.76. The average Bonchev–Trinajstić information content (AvgIpc) is 2.91. The molecule has 0 fully saturated rings. The van der Waals surface area contributed by atoms with Crippen molar-refractivity contribution in [3.63, 3.8) is 0 Å². The third kappa shape index (κ3) is 2.88. The molecule has 20 heavy (non-hydrogen) atoms. The summed E-state index contributed by atoms with van der Waals surface area (Å²) in [6.07, 6.45) is 4.79. The normalized spacial score (nSPS) is 12.8. The standard InChI is InChI=1S/C14H22ClN5/c1-5-7-20-14(12(15)8-17-20)13(16-6-2)11-9-19(4)18-10(11)3/h8-9,13,16H,5-7H2,1-4H3. The van der Waals surface area contributed by atoms with Crippen LogP contribution >= 0.6 is 11.6 Å². The second-order valence-corrected chi connectivity index (χ2v) is 5.34. The first-order valence-electron chi connectivity index (χ1n) is 7.03. The van der Waals surface area contributed by atoms with Crippen molar-refractivity contribution in [3.05, 3.63) is 34.4 Å².